The Labute approximate surface area is 103 Å². The molecule has 0 aliphatic carbocycles. The third kappa shape index (κ3) is 1.97. The largest absolute Gasteiger partial charge is 0.399 e. The molecule has 0 bridgehead atoms. The lowest BCUT2D eigenvalue weighted by Gasteiger charge is -1.97. The van der Waals surface area contributed by atoms with Gasteiger partial charge in [-0.1, -0.05) is 0 Å². The van der Waals surface area contributed by atoms with Crippen LogP contribution < -0.4 is 11.1 Å². The number of imidazole rings is 1. The number of aryl methyl sites for hydroxylation is 1. The maximum atomic E-state index is 5.71. The molecule has 1 aromatic carbocycles. The first-order valence-corrected chi connectivity index (χ1v) is 5.54. The molecule has 0 spiro atoms. The van der Waals surface area contributed by atoms with Crippen molar-refractivity contribution in [3.63, 3.8) is 0 Å². The highest BCUT2D eigenvalue weighted by atomic mass is 15.3. The Balaban J connectivity index is 1.78. The van der Waals surface area contributed by atoms with Crippen molar-refractivity contribution < 1.29 is 0 Å². The zero-order valence-corrected chi connectivity index (χ0v) is 9.88. The number of H-pyrrole nitrogens is 1. The fraction of sp³-hybridized carbons (Fsp3) is 0.182. The summed E-state index contributed by atoms with van der Waals surface area (Å²) in [6, 6.07) is 5.56. The number of hydrogen-bond acceptors (Lipinski definition) is 5. The van der Waals surface area contributed by atoms with Gasteiger partial charge >= 0.3 is 0 Å². The van der Waals surface area contributed by atoms with Crippen molar-refractivity contribution in [2.24, 2.45) is 7.05 Å². The van der Waals surface area contributed by atoms with Gasteiger partial charge in [0.25, 0.3) is 0 Å². The molecular formula is C11H13N7. The van der Waals surface area contributed by atoms with Gasteiger partial charge in [0.15, 0.2) is 5.82 Å². The predicted octanol–water partition coefficient (Wildman–Crippen LogP) is 0.886. The van der Waals surface area contributed by atoms with Crippen LogP contribution in [0, 0.1) is 0 Å². The molecule has 7 nitrogen and oxygen atoms in total. The summed E-state index contributed by atoms with van der Waals surface area (Å²) >= 11 is 0. The smallest absolute Gasteiger partial charge is 0.201 e. The summed E-state index contributed by atoms with van der Waals surface area (Å²) < 4.78 is 1.66. The van der Waals surface area contributed by atoms with Crippen molar-refractivity contribution in [3.05, 3.63) is 30.4 Å². The molecule has 0 amide bonds. The molecule has 0 atom stereocenters. The monoisotopic (exact) mass is 243 g/mol. The van der Waals surface area contributed by atoms with Gasteiger partial charge in [-0.15, -0.1) is 0 Å². The average Bonchev–Trinajstić information content (AvgIpc) is 2.92. The van der Waals surface area contributed by atoms with E-state index < -0.39 is 0 Å². The third-order valence-electron chi connectivity index (χ3n) is 2.57. The Hall–Kier alpha value is -2.57. The van der Waals surface area contributed by atoms with Gasteiger partial charge in [0.1, 0.15) is 6.33 Å². The minimum Gasteiger partial charge on any atom is -0.399 e. The van der Waals surface area contributed by atoms with Gasteiger partial charge in [0, 0.05) is 12.7 Å². The lowest BCUT2D eigenvalue weighted by molar-refractivity contribution is 0.746. The van der Waals surface area contributed by atoms with Gasteiger partial charge in [-0.25, -0.2) is 9.97 Å². The van der Waals surface area contributed by atoms with E-state index >= 15 is 0 Å². The molecule has 0 aliphatic heterocycles. The number of nitrogens with two attached hydrogens (primary N) is 1. The lowest BCUT2D eigenvalue weighted by Crippen LogP contribution is -2.03. The highest BCUT2D eigenvalue weighted by molar-refractivity contribution is 5.80. The Morgan fingerprint density at radius 1 is 1.44 bits per heavy atom. The van der Waals surface area contributed by atoms with Gasteiger partial charge in [-0.05, 0) is 18.2 Å². The van der Waals surface area contributed by atoms with E-state index in [1.165, 1.54) is 0 Å². The molecule has 0 saturated heterocycles. The summed E-state index contributed by atoms with van der Waals surface area (Å²) in [5.41, 5.74) is 8.21. The average molecular weight is 243 g/mol. The van der Waals surface area contributed by atoms with Crippen LogP contribution in [0.5, 0.6) is 0 Å². The molecule has 0 unspecified atom stereocenters. The molecule has 18 heavy (non-hydrogen) atoms. The maximum absolute atomic E-state index is 5.71. The number of fused-ring (bicyclic) bond motifs is 1. The van der Waals surface area contributed by atoms with Crippen LogP contribution in [0.15, 0.2) is 24.5 Å². The summed E-state index contributed by atoms with van der Waals surface area (Å²) in [7, 11) is 1.83. The minimum atomic E-state index is 0.524. The lowest BCUT2D eigenvalue weighted by atomic mass is 10.3. The quantitative estimate of drug-likeness (QED) is 0.593. The summed E-state index contributed by atoms with van der Waals surface area (Å²) in [5, 5.41) is 7.31. The van der Waals surface area contributed by atoms with Gasteiger partial charge < -0.3 is 16.0 Å². The van der Waals surface area contributed by atoms with Crippen molar-refractivity contribution in [1.82, 2.24) is 24.7 Å². The van der Waals surface area contributed by atoms with Gasteiger partial charge in [-0.3, -0.25) is 4.68 Å². The molecule has 0 radical (unpaired) electrons. The molecule has 0 saturated carbocycles. The van der Waals surface area contributed by atoms with E-state index in [1.807, 2.05) is 25.2 Å². The Morgan fingerprint density at radius 3 is 3.11 bits per heavy atom. The van der Waals surface area contributed by atoms with Crippen molar-refractivity contribution in [2.45, 2.75) is 6.54 Å². The van der Waals surface area contributed by atoms with Crippen LogP contribution in [-0.4, -0.2) is 24.7 Å². The van der Waals surface area contributed by atoms with Crippen LogP contribution in [-0.2, 0) is 13.6 Å². The number of anilines is 2. The molecule has 2 heterocycles. The molecule has 3 aromatic rings. The number of nitrogen functional groups attached to an aromatic ring is 1. The highest BCUT2D eigenvalue weighted by Gasteiger charge is 2.04. The summed E-state index contributed by atoms with van der Waals surface area (Å²) in [6.07, 6.45) is 1.66. The molecule has 7 heteroatoms. The number of nitrogens with zero attached hydrogens (tertiary/aromatic N) is 4. The molecule has 2 aromatic heterocycles. The highest BCUT2D eigenvalue weighted by Crippen LogP contribution is 2.17. The molecule has 0 fully saturated rings. The standard InChI is InChI=1S/C11H13N7/c1-18-6-14-10(17-18)5-13-11-15-8-3-2-7(12)4-9(8)16-11/h2-4,6H,5,12H2,1H3,(H2,13,15,16). The first-order valence-electron chi connectivity index (χ1n) is 5.54. The summed E-state index contributed by atoms with van der Waals surface area (Å²) in [4.78, 5) is 11.7. The van der Waals surface area contributed by atoms with Crippen LogP contribution in [0.2, 0.25) is 0 Å². The number of hydrogen-bond donors (Lipinski definition) is 3. The second-order valence-electron chi connectivity index (χ2n) is 4.05. The van der Waals surface area contributed by atoms with Crippen LogP contribution in [0.1, 0.15) is 5.82 Å². The normalized spacial score (nSPS) is 10.9. The number of aromatic amines is 1. The zero-order chi connectivity index (χ0) is 12.5. The van der Waals surface area contributed by atoms with Crippen LogP contribution in [0.3, 0.4) is 0 Å². The fourth-order valence-corrected chi connectivity index (χ4v) is 1.74. The maximum Gasteiger partial charge on any atom is 0.201 e. The molecule has 0 aliphatic rings. The molecule has 92 valence electrons. The zero-order valence-electron chi connectivity index (χ0n) is 9.88. The van der Waals surface area contributed by atoms with Crippen molar-refractivity contribution in [1.29, 1.82) is 0 Å². The van der Waals surface area contributed by atoms with Crippen molar-refractivity contribution in [3.8, 4) is 0 Å². The first-order chi connectivity index (χ1) is 8.70. The van der Waals surface area contributed by atoms with Crippen LogP contribution in [0.25, 0.3) is 11.0 Å². The van der Waals surface area contributed by atoms with Gasteiger partial charge in [0.05, 0.1) is 17.6 Å². The molecule has 3 rings (SSSR count). The topological polar surface area (TPSA) is 97.4 Å². The number of benzene rings is 1. The van der Waals surface area contributed by atoms with E-state index in [2.05, 4.69) is 25.4 Å². The Morgan fingerprint density at radius 2 is 2.33 bits per heavy atom. The Kier molecular flexibility index (Phi) is 2.36. The van der Waals surface area contributed by atoms with E-state index in [-0.39, 0.29) is 0 Å². The van der Waals surface area contributed by atoms with Gasteiger partial charge in [-0.2, -0.15) is 5.10 Å². The van der Waals surface area contributed by atoms with E-state index in [9.17, 15) is 0 Å². The van der Waals surface area contributed by atoms with E-state index in [0.717, 1.165) is 16.9 Å². The summed E-state index contributed by atoms with van der Waals surface area (Å²) in [6.45, 7) is 0.524. The van der Waals surface area contributed by atoms with Gasteiger partial charge in [0.2, 0.25) is 5.95 Å². The fourth-order valence-electron chi connectivity index (χ4n) is 1.74. The number of aromatic nitrogens is 5. The Bertz CT molecular complexity index is 682. The van der Waals surface area contributed by atoms with E-state index in [4.69, 9.17) is 5.73 Å². The van der Waals surface area contributed by atoms with Crippen LogP contribution >= 0.6 is 0 Å². The van der Waals surface area contributed by atoms with Crippen molar-refractivity contribution >= 4 is 22.7 Å². The molecular weight excluding hydrogens is 230 g/mol. The third-order valence-corrected chi connectivity index (χ3v) is 2.57. The predicted molar refractivity (Wildman–Crippen MR) is 68.8 cm³/mol. The minimum absolute atomic E-state index is 0.524. The summed E-state index contributed by atoms with van der Waals surface area (Å²) in [5.74, 6) is 1.40. The molecule has 4 N–H and O–H groups in total. The number of nitrogens with one attached hydrogen (secondary N) is 2. The SMILES string of the molecule is Cn1cnc(CNc2nc3ccc(N)cc3[nH]2)n1. The van der Waals surface area contributed by atoms with E-state index in [1.54, 1.807) is 11.0 Å². The number of rotatable bonds is 3. The second kappa shape index (κ2) is 4.02. The van der Waals surface area contributed by atoms with Crippen molar-refractivity contribution in [2.75, 3.05) is 11.1 Å². The van der Waals surface area contributed by atoms with E-state index in [0.29, 0.717) is 18.2 Å². The first kappa shape index (κ1) is 10.6. The van der Waals surface area contributed by atoms with Crippen LogP contribution in [0.4, 0.5) is 11.6 Å². The second-order valence-corrected chi connectivity index (χ2v) is 4.05.